The number of amides is 1. The monoisotopic (exact) mass is 384 g/mol. The van der Waals surface area contributed by atoms with Gasteiger partial charge in [0, 0.05) is 0 Å². The Balaban J connectivity index is 1.45. The number of carbonyl (C=O) groups is 1. The van der Waals surface area contributed by atoms with Crippen LogP contribution in [0.1, 0.15) is 18.5 Å². The first-order valence-corrected chi connectivity index (χ1v) is 9.39. The minimum atomic E-state index is -0.328. The first-order chi connectivity index (χ1) is 14.1. The van der Waals surface area contributed by atoms with Gasteiger partial charge in [0.1, 0.15) is 12.1 Å². The Morgan fingerprint density at radius 2 is 1.59 bits per heavy atom. The van der Waals surface area contributed by atoms with E-state index in [1.165, 1.54) is 0 Å². The normalized spacial score (nSPS) is 11.9. The fourth-order valence-electron chi connectivity index (χ4n) is 3.23. The zero-order valence-electron chi connectivity index (χ0n) is 15.9. The van der Waals surface area contributed by atoms with Gasteiger partial charge < -0.3 is 5.32 Å². The molecule has 144 valence electrons. The number of nitrogens with one attached hydrogen (secondary N) is 1. The van der Waals surface area contributed by atoms with E-state index in [4.69, 9.17) is 0 Å². The molecule has 0 radical (unpaired) electrons. The summed E-state index contributed by atoms with van der Waals surface area (Å²) >= 11 is 0. The van der Waals surface area contributed by atoms with Crippen molar-refractivity contribution in [2.45, 2.75) is 19.5 Å². The Morgan fingerprint density at radius 3 is 2.34 bits per heavy atom. The van der Waals surface area contributed by atoms with Gasteiger partial charge in [-0.25, -0.2) is 4.68 Å². The van der Waals surface area contributed by atoms with E-state index in [9.17, 15) is 9.59 Å². The molecule has 29 heavy (non-hydrogen) atoms. The van der Waals surface area contributed by atoms with E-state index in [1.54, 1.807) is 24.3 Å². The Labute approximate surface area is 167 Å². The van der Waals surface area contributed by atoms with Crippen LogP contribution in [-0.4, -0.2) is 20.9 Å². The Kier molecular flexibility index (Phi) is 5.16. The summed E-state index contributed by atoms with van der Waals surface area (Å²) in [5.41, 5.74) is 3.43. The first-order valence-electron chi connectivity index (χ1n) is 9.39. The van der Waals surface area contributed by atoms with Crippen LogP contribution in [0.4, 0.5) is 0 Å². The number of aromatic nitrogens is 3. The fourth-order valence-corrected chi connectivity index (χ4v) is 3.23. The molecule has 0 bridgehead atoms. The van der Waals surface area contributed by atoms with Gasteiger partial charge in [-0.15, -0.1) is 5.10 Å². The van der Waals surface area contributed by atoms with Crippen LogP contribution in [0, 0.1) is 0 Å². The summed E-state index contributed by atoms with van der Waals surface area (Å²) in [5, 5.41) is 11.2. The highest BCUT2D eigenvalue weighted by molar-refractivity contribution is 5.78. The van der Waals surface area contributed by atoms with Crippen LogP contribution in [0.15, 0.2) is 83.7 Å². The molecule has 1 N–H and O–H groups in total. The summed E-state index contributed by atoms with van der Waals surface area (Å²) in [6.07, 6.45) is 0. The lowest BCUT2D eigenvalue weighted by atomic mass is 10.0. The van der Waals surface area contributed by atoms with E-state index < -0.39 is 0 Å². The zero-order valence-corrected chi connectivity index (χ0v) is 15.9. The van der Waals surface area contributed by atoms with Crippen molar-refractivity contribution in [2.24, 2.45) is 0 Å². The lowest BCUT2D eigenvalue weighted by molar-refractivity contribution is -0.122. The minimum absolute atomic E-state index is 0.177. The van der Waals surface area contributed by atoms with Crippen molar-refractivity contribution in [1.82, 2.24) is 20.3 Å². The highest BCUT2D eigenvalue weighted by Gasteiger charge is 2.13. The lowest BCUT2D eigenvalue weighted by Gasteiger charge is -2.15. The average molecular weight is 384 g/mol. The smallest absolute Gasteiger partial charge is 0.278 e. The molecule has 1 atom stereocenters. The van der Waals surface area contributed by atoms with E-state index in [0.717, 1.165) is 21.4 Å². The van der Waals surface area contributed by atoms with Crippen molar-refractivity contribution in [3.63, 3.8) is 0 Å². The van der Waals surface area contributed by atoms with Crippen molar-refractivity contribution in [1.29, 1.82) is 0 Å². The molecule has 4 aromatic rings. The lowest BCUT2D eigenvalue weighted by Crippen LogP contribution is -2.35. The standard InChI is InChI=1S/C23H20N4O2/c1-16(17-11-13-19(14-12-17)18-7-3-2-4-8-18)24-22(28)15-27-23(29)20-9-5-6-10-21(20)25-26-27/h2-14,16H,15H2,1H3,(H,24,28)/t16-/m1/s1. The molecule has 6 nitrogen and oxygen atoms in total. The number of rotatable bonds is 5. The zero-order chi connectivity index (χ0) is 20.2. The van der Waals surface area contributed by atoms with E-state index >= 15 is 0 Å². The summed E-state index contributed by atoms with van der Waals surface area (Å²) in [6.45, 7) is 1.73. The molecule has 0 aliphatic heterocycles. The number of hydrogen-bond donors (Lipinski definition) is 1. The third kappa shape index (κ3) is 4.06. The second kappa shape index (κ2) is 8.06. The fraction of sp³-hybridized carbons (Fsp3) is 0.130. The summed E-state index contributed by atoms with van der Waals surface area (Å²) < 4.78 is 1.09. The molecular formula is C23H20N4O2. The molecule has 6 heteroatoms. The van der Waals surface area contributed by atoms with E-state index in [1.807, 2.05) is 49.4 Å². The molecule has 1 amide bonds. The molecule has 0 fully saturated rings. The van der Waals surface area contributed by atoms with Crippen LogP contribution in [-0.2, 0) is 11.3 Å². The molecule has 0 aliphatic rings. The molecule has 1 aromatic heterocycles. The Morgan fingerprint density at radius 1 is 0.931 bits per heavy atom. The molecule has 4 rings (SSSR count). The van der Waals surface area contributed by atoms with E-state index in [-0.39, 0.29) is 24.1 Å². The van der Waals surface area contributed by atoms with E-state index in [2.05, 4.69) is 27.8 Å². The van der Waals surface area contributed by atoms with Gasteiger partial charge in [0.25, 0.3) is 5.56 Å². The molecule has 0 spiro atoms. The average Bonchev–Trinajstić information content (AvgIpc) is 2.76. The third-order valence-corrected chi connectivity index (χ3v) is 4.82. The summed E-state index contributed by atoms with van der Waals surface area (Å²) in [4.78, 5) is 24.9. The summed E-state index contributed by atoms with van der Waals surface area (Å²) in [6, 6.07) is 24.9. The Bertz CT molecular complexity index is 1200. The van der Waals surface area contributed by atoms with Crippen molar-refractivity contribution in [2.75, 3.05) is 0 Å². The van der Waals surface area contributed by atoms with Crippen molar-refractivity contribution in [3.8, 4) is 11.1 Å². The van der Waals surface area contributed by atoms with Crippen LogP contribution < -0.4 is 10.9 Å². The van der Waals surface area contributed by atoms with Gasteiger partial charge in [-0.2, -0.15) is 0 Å². The maximum absolute atomic E-state index is 12.5. The van der Waals surface area contributed by atoms with Gasteiger partial charge in [-0.1, -0.05) is 71.9 Å². The highest BCUT2D eigenvalue weighted by Crippen LogP contribution is 2.21. The van der Waals surface area contributed by atoms with Gasteiger partial charge in [0.15, 0.2) is 0 Å². The van der Waals surface area contributed by atoms with Crippen molar-refractivity contribution < 1.29 is 4.79 Å². The van der Waals surface area contributed by atoms with Gasteiger partial charge >= 0.3 is 0 Å². The molecule has 1 heterocycles. The van der Waals surface area contributed by atoms with Crippen LogP contribution in [0.25, 0.3) is 22.0 Å². The quantitative estimate of drug-likeness (QED) is 0.573. The topological polar surface area (TPSA) is 76.9 Å². The molecule has 0 unspecified atom stereocenters. The van der Waals surface area contributed by atoms with Gasteiger partial charge in [0.05, 0.1) is 11.4 Å². The van der Waals surface area contributed by atoms with Crippen LogP contribution in [0.3, 0.4) is 0 Å². The SMILES string of the molecule is C[C@@H](NC(=O)Cn1nnc2ccccc2c1=O)c1ccc(-c2ccccc2)cc1. The highest BCUT2D eigenvalue weighted by atomic mass is 16.2. The second-order valence-electron chi connectivity index (χ2n) is 6.85. The maximum atomic E-state index is 12.5. The van der Waals surface area contributed by atoms with Crippen LogP contribution in [0.2, 0.25) is 0 Å². The molecular weight excluding hydrogens is 364 g/mol. The van der Waals surface area contributed by atoms with Crippen LogP contribution in [0.5, 0.6) is 0 Å². The largest absolute Gasteiger partial charge is 0.348 e. The second-order valence-corrected chi connectivity index (χ2v) is 6.85. The third-order valence-electron chi connectivity index (χ3n) is 4.82. The number of benzene rings is 3. The van der Waals surface area contributed by atoms with Gasteiger partial charge in [-0.05, 0) is 35.7 Å². The number of hydrogen-bond acceptors (Lipinski definition) is 4. The van der Waals surface area contributed by atoms with Crippen molar-refractivity contribution in [3.05, 3.63) is 94.8 Å². The summed E-state index contributed by atoms with van der Waals surface area (Å²) in [5.74, 6) is -0.295. The molecule has 0 aliphatic carbocycles. The van der Waals surface area contributed by atoms with Crippen LogP contribution >= 0.6 is 0 Å². The first kappa shape index (κ1) is 18.6. The number of carbonyl (C=O) groups excluding carboxylic acids is 1. The molecule has 3 aromatic carbocycles. The molecule has 0 saturated carbocycles. The Hall–Kier alpha value is -3.80. The van der Waals surface area contributed by atoms with Gasteiger partial charge in [0.2, 0.25) is 5.91 Å². The van der Waals surface area contributed by atoms with E-state index in [0.29, 0.717) is 10.9 Å². The minimum Gasteiger partial charge on any atom is -0.348 e. The number of fused-ring (bicyclic) bond motifs is 1. The summed E-state index contributed by atoms with van der Waals surface area (Å²) in [7, 11) is 0. The number of nitrogens with zero attached hydrogens (tertiary/aromatic N) is 3. The van der Waals surface area contributed by atoms with Crippen molar-refractivity contribution >= 4 is 16.8 Å². The predicted molar refractivity (Wildman–Crippen MR) is 112 cm³/mol. The molecule has 0 saturated heterocycles. The predicted octanol–water partition coefficient (Wildman–Crippen LogP) is 3.34. The maximum Gasteiger partial charge on any atom is 0.278 e. The van der Waals surface area contributed by atoms with Gasteiger partial charge in [-0.3, -0.25) is 9.59 Å².